The van der Waals surface area contributed by atoms with E-state index in [0.717, 1.165) is 17.5 Å². The summed E-state index contributed by atoms with van der Waals surface area (Å²) in [4.78, 5) is 11.5. The highest BCUT2D eigenvalue weighted by molar-refractivity contribution is 7.89. The summed E-state index contributed by atoms with van der Waals surface area (Å²) >= 11 is 0. The number of allylic oxidation sites excluding steroid dienone is 2. The predicted octanol–water partition coefficient (Wildman–Crippen LogP) is 4.43. The fourth-order valence-electron chi connectivity index (χ4n) is 5.34. The highest BCUT2D eigenvalue weighted by Gasteiger charge is 2.60. The van der Waals surface area contributed by atoms with Crippen LogP contribution in [0.3, 0.4) is 0 Å². The van der Waals surface area contributed by atoms with E-state index >= 15 is 0 Å². The number of fused-ring (bicyclic) bond motifs is 2. The number of sulfonamides is 1. The molecular weight excluding hydrogens is 469 g/mol. The molecule has 1 aliphatic heterocycles. The zero-order valence-electron chi connectivity index (χ0n) is 20.1. The topological polar surface area (TPSA) is 81.7 Å². The molecule has 6 nitrogen and oxygen atoms in total. The number of rotatable bonds is 10. The van der Waals surface area contributed by atoms with Crippen LogP contribution in [0.4, 0.5) is 4.39 Å². The number of benzene rings is 2. The number of carbonyl (C=O) groups is 1. The Hall–Kier alpha value is -2.55. The van der Waals surface area contributed by atoms with Crippen LogP contribution in [-0.4, -0.2) is 40.2 Å². The van der Waals surface area contributed by atoms with Gasteiger partial charge in [-0.15, -0.1) is 0 Å². The second-order valence-corrected chi connectivity index (χ2v) is 11.2. The van der Waals surface area contributed by atoms with E-state index in [-0.39, 0.29) is 28.7 Å². The van der Waals surface area contributed by atoms with Crippen LogP contribution < -0.4 is 4.72 Å². The Balaban J connectivity index is 1.56. The van der Waals surface area contributed by atoms with Crippen LogP contribution in [-0.2, 0) is 29.7 Å². The Labute approximate surface area is 206 Å². The van der Waals surface area contributed by atoms with Crippen molar-refractivity contribution in [1.29, 1.82) is 0 Å². The fourth-order valence-corrected chi connectivity index (χ4v) is 6.65. The second kappa shape index (κ2) is 10.6. The number of ether oxygens (including phenoxy) is 2. The van der Waals surface area contributed by atoms with E-state index in [1.165, 1.54) is 19.2 Å². The molecule has 1 saturated heterocycles. The molecule has 0 unspecified atom stereocenters. The summed E-state index contributed by atoms with van der Waals surface area (Å²) in [6.07, 6.45) is 6.89. The van der Waals surface area contributed by atoms with Gasteiger partial charge in [-0.3, -0.25) is 4.79 Å². The molecule has 0 aromatic heterocycles. The minimum absolute atomic E-state index is 0.0659. The van der Waals surface area contributed by atoms with E-state index in [2.05, 4.69) is 15.5 Å². The van der Waals surface area contributed by atoms with Crippen molar-refractivity contribution in [2.24, 2.45) is 5.92 Å². The molecule has 35 heavy (non-hydrogen) atoms. The third-order valence-electron chi connectivity index (χ3n) is 7.24. The van der Waals surface area contributed by atoms with Crippen LogP contribution in [0, 0.1) is 18.7 Å². The van der Waals surface area contributed by atoms with Crippen molar-refractivity contribution in [3.63, 3.8) is 0 Å². The number of hydrogen-bond donors (Lipinski definition) is 1. The Bertz CT molecular complexity index is 1160. The molecule has 1 aliphatic carbocycles. The molecular formula is C27H32FNO5S. The summed E-state index contributed by atoms with van der Waals surface area (Å²) in [7, 11) is -2.37. The van der Waals surface area contributed by atoms with Crippen LogP contribution in [0.1, 0.15) is 43.2 Å². The Morgan fingerprint density at radius 3 is 2.57 bits per heavy atom. The van der Waals surface area contributed by atoms with Gasteiger partial charge in [-0.2, -0.15) is 0 Å². The van der Waals surface area contributed by atoms with Crippen molar-refractivity contribution in [3.8, 4) is 0 Å². The predicted molar refractivity (Wildman–Crippen MR) is 131 cm³/mol. The van der Waals surface area contributed by atoms with E-state index in [0.29, 0.717) is 32.3 Å². The second-order valence-electron chi connectivity index (χ2n) is 9.46. The number of nitrogens with one attached hydrogen (secondary N) is 1. The lowest BCUT2D eigenvalue weighted by molar-refractivity contribution is -0.140. The van der Waals surface area contributed by atoms with Crippen molar-refractivity contribution in [2.45, 2.75) is 61.5 Å². The van der Waals surface area contributed by atoms with Crippen LogP contribution in [0.5, 0.6) is 0 Å². The van der Waals surface area contributed by atoms with Gasteiger partial charge in [-0.25, -0.2) is 17.5 Å². The maximum Gasteiger partial charge on any atom is 0.305 e. The van der Waals surface area contributed by atoms with Crippen LogP contribution in [0.15, 0.2) is 65.6 Å². The lowest BCUT2D eigenvalue weighted by Gasteiger charge is -2.39. The van der Waals surface area contributed by atoms with Gasteiger partial charge in [0.1, 0.15) is 5.82 Å². The first kappa shape index (κ1) is 25.5. The number of hydrogen-bond acceptors (Lipinski definition) is 5. The van der Waals surface area contributed by atoms with Gasteiger partial charge < -0.3 is 9.47 Å². The van der Waals surface area contributed by atoms with Crippen molar-refractivity contribution in [2.75, 3.05) is 13.7 Å². The minimum Gasteiger partial charge on any atom is -0.469 e. The lowest BCUT2D eigenvalue weighted by atomic mass is 9.71. The first-order chi connectivity index (χ1) is 16.7. The SMILES string of the molecule is COC(=O)CCC/C=C\C[C@@H]1[C@@H](NS(=O)(=O)c2ccc(C)cc2)[C@@H]2C[C@]1(c1ccc(F)cc1)CO2. The maximum atomic E-state index is 13.7. The Kier molecular flexibility index (Phi) is 7.73. The summed E-state index contributed by atoms with van der Waals surface area (Å²) in [5.41, 5.74) is 1.54. The van der Waals surface area contributed by atoms with Gasteiger partial charge in [0.2, 0.25) is 10.0 Å². The van der Waals surface area contributed by atoms with Crippen molar-refractivity contribution in [3.05, 3.63) is 77.6 Å². The first-order valence-corrected chi connectivity index (χ1v) is 13.4. The standard InChI is InChI=1S/C27H32FNO5S/c1-19-9-15-22(16-10-19)35(31,32)29-26-23(7-5-3-4-6-8-25(30)33-2)27(17-24(26)34-18-27)20-11-13-21(28)14-12-20/h3,5,9-16,23-24,26,29H,4,6-8,17-18H2,1-2H3/b5-3-/t23-,24+,26-,27-/m1/s1. The molecule has 1 saturated carbocycles. The van der Waals surface area contributed by atoms with E-state index in [1.54, 1.807) is 36.4 Å². The van der Waals surface area contributed by atoms with Crippen molar-refractivity contribution < 1.29 is 27.1 Å². The van der Waals surface area contributed by atoms with Gasteiger partial charge in [0.05, 0.1) is 30.8 Å². The van der Waals surface area contributed by atoms with E-state index in [9.17, 15) is 17.6 Å². The molecule has 2 fully saturated rings. The molecule has 1 heterocycles. The maximum absolute atomic E-state index is 13.7. The van der Waals surface area contributed by atoms with Gasteiger partial charge in [0.25, 0.3) is 0 Å². The Morgan fingerprint density at radius 1 is 1.17 bits per heavy atom. The third-order valence-corrected chi connectivity index (χ3v) is 8.72. The summed E-state index contributed by atoms with van der Waals surface area (Å²) in [5.74, 6) is -0.606. The largest absolute Gasteiger partial charge is 0.469 e. The molecule has 2 aromatic rings. The van der Waals surface area contributed by atoms with Gasteiger partial charge in [-0.05, 0) is 68.4 Å². The number of methoxy groups -OCH3 is 1. The molecule has 8 heteroatoms. The third kappa shape index (κ3) is 5.50. The highest BCUT2D eigenvalue weighted by Crippen LogP contribution is 2.54. The van der Waals surface area contributed by atoms with E-state index < -0.39 is 21.5 Å². The smallest absolute Gasteiger partial charge is 0.305 e. The fraction of sp³-hybridized carbons (Fsp3) is 0.444. The number of unbranched alkanes of at least 4 members (excludes halogenated alkanes) is 1. The molecule has 0 spiro atoms. The van der Waals surface area contributed by atoms with Crippen LogP contribution in [0.2, 0.25) is 0 Å². The summed E-state index contributed by atoms with van der Waals surface area (Å²) in [6, 6.07) is 12.8. The van der Waals surface area contributed by atoms with E-state index in [1.807, 2.05) is 13.0 Å². The average molecular weight is 502 g/mol. The number of aryl methyl sites for hydroxylation is 1. The lowest BCUT2D eigenvalue weighted by Crippen LogP contribution is -2.51. The van der Waals surface area contributed by atoms with Gasteiger partial charge >= 0.3 is 5.97 Å². The minimum atomic E-state index is -3.75. The molecule has 2 aliphatic rings. The van der Waals surface area contributed by atoms with Crippen LogP contribution >= 0.6 is 0 Å². The number of carbonyl (C=O) groups excluding carboxylic acids is 1. The molecule has 2 aromatic carbocycles. The summed E-state index contributed by atoms with van der Waals surface area (Å²) in [5, 5.41) is 0. The van der Waals surface area contributed by atoms with Crippen molar-refractivity contribution >= 4 is 16.0 Å². The molecule has 2 bridgehead atoms. The van der Waals surface area contributed by atoms with Gasteiger partial charge in [0.15, 0.2) is 0 Å². The zero-order valence-corrected chi connectivity index (χ0v) is 20.9. The summed E-state index contributed by atoms with van der Waals surface area (Å²) < 4.78 is 53.8. The summed E-state index contributed by atoms with van der Waals surface area (Å²) in [6.45, 7) is 2.38. The zero-order chi connectivity index (χ0) is 25.1. The quantitative estimate of drug-likeness (QED) is 0.296. The molecule has 188 valence electrons. The van der Waals surface area contributed by atoms with Gasteiger partial charge in [-0.1, -0.05) is 42.0 Å². The number of esters is 1. The number of halogens is 1. The first-order valence-electron chi connectivity index (χ1n) is 11.9. The van der Waals surface area contributed by atoms with Crippen LogP contribution in [0.25, 0.3) is 0 Å². The molecule has 4 atom stereocenters. The Morgan fingerprint density at radius 2 is 1.89 bits per heavy atom. The van der Waals surface area contributed by atoms with Gasteiger partial charge in [0, 0.05) is 11.8 Å². The highest BCUT2D eigenvalue weighted by atomic mass is 32.2. The van der Waals surface area contributed by atoms with E-state index in [4.69, 9.17) is 4.74 Å². The monoisotopic (exact) mass is 501 g/mol. The normalized spacial score (nSPS) is 25.9. The van der Waals surface area contributed by atoms with Crippen molar-refractivity contribution in [1.82, 2.24) is 4.72 Å². The molecule has 1 N–H and O–H groups in total. The molecule has 4 rings (SSSR count). The average Bonchev–Trinajstić information content (AvgIpc) is 3.40. The molecule has 0 radical (unpaired) electrons. The molecule has 0 amide bonds.